The second-order valence-electron chi connectivity index (χ2n) is 4.27. The third-order valence-electron chi connectivity index (χ3n) is 3.02. The zero-order valence-corrected chi connectivity index (χ0v) is 10.4. The second kappa shape index (κ2) is 4.04. The molecule has 17 heavy (non-hydrogen) atoms. The molecule has 1 heterocycles. The van der Waals surface area contributed by atoms with Crippen molar-refractivity contribution in [1.29, 1.82) is 0 Å². The van der Waals surface area contributed by atoms with Crippen LogP contribution >= 0.6 is 11.8 Å². The topological polar surface area (TPSA) is 17.1 Å². The first kappa shape index (κ1) is 10.6. The lowest BCUT2D eigenvalue weighted by atomic mass is 9.97. The van der Waals surface area contributed by atoms with Crippen molar-refractivity contribution in [3.8, 4) is 0 Å². The molecule has 1 nitrogen and oxygen atoms in total. The van der Waals surface area contributed by atoms with E-state index < -0.39 is 0 Å². The highest BCUT2D eigenvalue weighted by Crippen LogP contribution is 2.33. The maximum absolute atomic E-state index is 12.5. The third kappa shape index (κ3) is 1.79. The maximum atomic E-state index is 12.5. The minimum absolute atomic E-state index is 0.157. The van der Waals surface area contributed by atoms with Gasteiger partial charge < -0.3 is 0 Å². The van der Waals surface area contributed by atoms with Crippen LogP contribution in [0.3, 0.4) is 0 Å². The van der Waals surface area contributed by atoms with Gasteiger partial charge in [-0.3, -0.25) is 4.79 Å². The Hall–Kier alpha value is -1.54. The van der Waals surface area contributed by atoms with Crippen molar-refractivity contribution in [1.82, 2.24) is 0 Å². The van der Waals surface area contributed by atoms with Gasteiger partial charge in [-0.05, 0) is 30.7 Å². The van der Waals surface area contributed by atoms with Crippen LogP contribution < -0.4 is 0 Å². The van der Waals surface area contributed by atoms with Gasteiger partial charge in [0.05, 0.1) is 0 Å². The van der Waals surface area contributed by atoms with E-state index in [0.717, 1.165) is 32.9 Å². The lowest BCUT2D eigenvalue weighted by Gasteiger charge is -2.05. The Balaban J connectivity index is 2.22. The Morgan fingerprint density at radius 2 is 1.88 bits per heavy atom. The molecule has 1 aliphatic heterocycles. The van der Waals surface area contributed by atoms with Crippen LogP contribution in [-0.2, 0) is 5.75 Å². The minimum atomic E-state index is 0.157. The number of carbonyl (C=O) groups excluding carboxylic acids is 1. The molecule has 0 radical (unpaired) electrons. The van der Waals surface area contributed by atoms with Crippen LogP contribution in [0.2, 0.25) is 0 Å². The van der Waals surface area contributed by atoms with Crippen LogP contribution in [-0.4, -0.2) is 5.78 Å². The number of aryl methyl sites for hydroxylation is 1. The maximum Gasteiger partial charge on any atom is 0.194 e. The summed E-state index contributed by atoms with van der Waals surface area (Å²) in [4.78, 5) is 13.6. The fraction of sp³-hybridized carbons (Fsp3) is 0.133. The Morgan fingerprint density at radius 1 is 1.06 bits per heavy atom. The van der Waals surface area contributed by atoms with Crippen LogP contribution in [0.15, 0.2) is 47.4 Å². The molecule has 2 aromatic rings. The van der Waals surface area contributed by atoms with E-state index in [0.29, 0.717) is 0 Å². The molecule has 0 atom stereocenters. The quantitative estimate of drug-likeness (QED) is 0.696. The molecule has 1 aliphatic rings. The molecule has 0 fully saturated rings. The summed E-state index contributed by atoms with van der Waals surface area (Å²) in [6.07, 6.45) is 0. The molecule has 0 saturated carbocycles. The number of hydrogen-bond donors (Lipinski definition) is 0. The zero-order chi connectivity index (χ0) is 11.8. The van der Waals surface area contributed by atoms with Gasteiger partial charge in [0.25, 0.3) is 0 Å². The van der Waals surface area contributed by atoms with Crippen molar-refractivity contribution >= 4 is 17.5 Å². The average molecular weight is 240 g/mol. The fourth-order valence-electron chi connectivity index (χ4n) is 2.11. The van der Waals surface area contributed by atoms with Crippen molar-refractivity contribution in [3.63, 3.8) is 0 Å². The van der Waals surface area contributed by atoms with Gasteiger partial charge in [-0.25, -0.2) is 0 Å². The van der Waals surface area contributed by atoms with Crippen LogP contribution in [0.4, 0.5) is 0 Å². The molecule has 84 valence electrons. The first-order chi connectivity index (χ1) is 8.25. The number of carbonyl (C=O) groups is 1. The van der Waals surface area contributed by atoms with Gasteiger partial charge in [-0.2, -0.15) is 0 Å². The van der Waals surface area contributed by atoms with Gasteiger partial charge in [0, 0.05) is 21.8 Å². The number of benzene rings is 2. The standard InChI is InChI=1S/C15H12OS/c1-10-6-7-11-9-17-14-5-3-2-4-12(14)15(16)13(11)8-10/h2-8H,9H2,1H3. The van der Waals surface area contributed by atoms with Crippen molar-refractivity contribution in [3.05, 3.63) is 64.7 Å². The Morgan fingerprint density at radius 3 is 2.76 bits per heavy atom. The summed E-state index contributed by atoms with van der Waals surface area (Å²) in [5.41, 5.74) is 3.98. The summed E-state index contributed by atoms with van der Waals surface area (Å²) >= 11 is 1.74. The molecule has 0 aliphatic carbocycles. The zero-order valence-electron chi connectivity index (χ0n) is 9.57. The summed E-state index contributed by atoms with van der Waals surface area (Å²) in [5, 5.41) is 0. The van der Waals surface area contributed by atoms with Crippen LogP contribution in [0.5, 0.6) is 0 Å². The summed E-state index contributed by atoms with van der Waals surface area (Å²) in [7, 11) is 0. The van der Waals surface area contributed by atoms with E-state index in [9.17, 15) is 4.79 Å². The molecule has 0 bridgehead atoms. The van der Waals surface area contributed by atoms with E-state index in [1.54, 1.807) is 11.8 Å². The lowest BCUT2D eigenvalue weighted by Crippen LogP contribution is -2.03. The van der Waals surface area contributed by atoms with E-state index in [4.69, 9.17) is 0 Å². The average Bonchev–Trinajstić information content (AvgIpc) is 2.49. The third-order valence-corrected chi connectivity index (χ3v) is 4.15. The van der Waals surface area contributed by atoms with Gasteiger partial charge >= 0.3 is 0 Å². The van der Waals surface area contributed by atoms with Crippen LogP contribution in [0.1, 0.15) is 27.0 Å². The van der Waals surface area contributed by atoms with Crippen molar-refractivity contribution < 1.29 is 4.79 Å². The van der Waals surface area contributed by atoms with Crippen molar-refractivity contribution in [2.24, 2.45) is 0 Å². The first-order valence-corrected chi connectivity index (χ1v) is 6.60. The first-order valence-electron chi connectivity index (χ1n) is 5.62. The van der Waals surface area contributed by atoms with E-state index in [2.05, 4.69) is 12.1 Å². The predicted molar refractivity (Wildman–Crippen MR) is 70.6 cm³/mol. The minimum Gasteiger partial charge on any atom is -0.289 e. The van der Waals surface area contributed by atoms with E-state index in [1.807, 2.05) is 37.3 Å². The highest BCUT2D eigenvalue weighted by molar-refractivity contribution is 7.98. The molecule has 0 spiro atoms. The molecule has 0 aromatic heterocycles. The molecular formula is C15H12OS. The Kier molecular flexibility index (Phi) is 2.52. The number of rotatable bonds is 0. The number of hydrogen-bond acceptors (Lipinski definition) is 2. The molecule has 3 rings (SSSR count). The van der Waals surface area contributed by atoms with Gasteiger partial charge in [0.2, 0.25) is 0 Å². The highest BCUT2D eigenvalue weighted by Gasteiger charge is 2.20. The van der Waals surface area contributed by atoms with E-state index >= 15 is 0 Å². The molecule has 2 aromatic carbocycles. The van der Waals surface area contributed by atoms with Gasteiger partial charge in [0.15, 0.2) is 5.78 Å². The lowest BCUT2D eigenvalue weighted by molar-refractivity contribution is 0.103. The van der Waals surface area contributed by atoms with Crippen molar-refractivity contribution in [2.45, 2.75) is 17.6 Å². The summed E-state index contributed by atoms with van der Waals surface area (Å²) in [6.45, 7) is 2.03. The number of fused-ring (bicyclic) bond motifs is 2. The van der Waals surface area contributed by atoms with Crippen LogP contribution in [0, 0.1) is 6.92 Å². The molecule has 0 saturated heterocycles. The SMILES string of the molecule is Cc1ccc2c(c1)C(=O)c1ccccc1SC2. The summed E-state index contributed by atoms with van der Waals surface area (Å²) < 4.78 is 0. The van der Waals surface area contributed by atoms with Crippen molar-refractivity contribution in [2.75, 3.05) is 0 Å². The summed E-state index contributed by atoms with van der Waals surface area (Å²) in [6, 6.07) is 14.0. The van der Waals surface area contributed by atoms with Crippen LogP contribution in [0.25, 0.3) is 0 Å². The molecule has 0 unspecified atom stereocenters. The molecule has 0 N–H and O–H groups in total. The van der Waals surface area contributed by atoms with Gasteiger partial charge in [-0.15, -0.1) is 11.8 Å². The monoisotopic (exact) mass is 240 g/mol. The second-order valence-corrected chi connectivity index (χ2v) is 5.29. The smallest absolute Gasteiger partial charge is 0.194 e. The fourth-order valence-corrected chi connectivity index (χ4v) is 3.16. The van der Waals surface area contributed by atoms with Gasteiger partial charge in [0.1, 0.15) is 0 Å². The molecule has 2 heteroatoms. The highest BCUT2D eigenvalue weighted by atomic mass is 32.2. The summed E-state index contributed by atoms with van der Waals surface area (Å²) in [5.74, 6) is 1.03. The number of thioether (sulfide) groups is 1. The predicted octanol–water partition coefficient (Wildman–Crippen LogP) is 3.83. The Labute approximate surface area is 105 Å². The van der Waals surface area contributed by atoms with E-state index in [-0.39, 0.29) is 5.78 Å². The largest absolute Gasteiger partial charge is 0.289 e. The Bertz CT molecular complexity index is 602. The molecule has 0 amide bonds. The van der Waals surface area contributed by atoms with E-state index in [1.165, 1.54) is 0 Å². The molecular weight excluding hydrogens is 228 g/mol. The normalized spacial score (nSPS) is 13.8. The number of ketones is 1. The van der Waals surface area contributed by atoms with Gasteiger partial charge in [-0.1, -0.05) is 29.8 Å².